The van der Waals surface area contributed by atoms with Crippen LogP contribution in [0.4, 0.5) is 0 Å². The lowest BCUT2D eigenvalue weighted by atomic mass is 10.1. The van der Waals surface area contributed by atoms with E-state index in [9.17, 15) is 4.79 Å². The molecule has 0 unspecified atom stereocenters. The van der Waals surface area contributed by atoms with Crippen LogP contribution < -0.4 is 10.3 Å². The molecule has 6 nitrogen and oxygen atoms in total. The minimum atomic E-state index is -0.177. The van der Waals surface area contributed by atoms with Gasteiger partial charge in [0, 0.05) is 12.1 Å². The summed E-state index contributed by atoms with van der Waals surface area (Å²) < 4.78 is 7.31. The van der Waals surface area contributed by atoms with Gasteiger partial charge in [-0.2, -0.15) is 4.98 Å². The molecule has 0 aromatic heterocycles. The smallest absolute Gasteiger partial charge is 0.284 e. The van der Waals surface area contributed by atoms with Crippen molar-refractivity contribution in [2.24, 2.45) is 0 Å². The van der Waals surface area contributed by atoms with Gasteiger partial charge >= 0.3 is 0 Å². The fraction of sp³-hybridized carbons (Fsp3) is 0.450. The average Bonchev–Trinajstić information content (AvgIpc) is 3.30. The number of methoxy groups -OCH3 is 1. The summed E-state index contributed by atoms with van der Waals surface area (Å²) in [7, 11) is 1.65. The molecular weight excluding hydrogens is 328 g/mol. The van der Waals surface area contributed by atoms with Crippen molar-refractivity contribution in [3.8, 4) is 17.1 Å². The molecule has 0 atom stereocenters. The number of aryl methyl sites for hydroxylation is 1. The second kappa shape index (κ2) is 6.94. The monoisotopic (exact) mass is 352 g/mol. The van der Waals surface area contributed by atoms with Crippen LogP contribution in [0.3, 0.4) is 0 Å². The third-order valence-corrected chi connectivity index (χ3v) is 5.25. The van der Waals surface area contributed by atoms with E-state index < -0.39 is 0 Å². The van der Waals surface area contributed by atoms with Crippen molar-refractivity contribution in [2.45, 2.75) is 51.5 Å². The Hall–Kier alpha value is -2.63. The van der Waals surface area contributed by atoms with Crippen LogP contribution in [0, 0.1) is 0 Å². The van der Waals surface area contributed by atoms with E-state index in [0.29, 0.717) is 23.9 Å². The maximum Gasteiger partial charge on any atom is 0.284 e. The number of hydrogen-bond donors (Lipinski definition) is 1. The van der Waals surface area contributed by atoms with E-state index in [4.69, 9.17) is 9.72 Å². The number of fused-ring (bicyclic) bond motifs is 1. The molecule has 2 heterocycles. The van der Waals surface area contributed by atoms with Crippen molar-refractivity contribution >= 4 is 0 Å². The standard InChI is InChI=1S/C20H24N4O2/c1-3-16-18-19(24(23-16)14-6-4-5-7-14)21-17(22-20(18)25)12-13-8-10-15(26-2)11-9-13/h8-11,14,23H,3-7,12H2,1-2H3. The third-order valence-electron chi connectivity index (χ3n) is 5.25. The van der Waals surface area contributed by atoms with Crippen LogP contribution in [0.25, 0.3) is 11.4 Å². The Bertz CT molecular complexity index is 920. The Morgan fingerprint density at radius 2 is 1.92 bits per heavy atom. The normalized spacial score (nSPS) is 15.0. The first-order valence-corrected chi connectivity index (χ1v) is 9.32. The van der Waals surface area contributed by atoms with Gasteiger partial charge in [0.2, 0.25) is 0 Å². The van der Waals surface area contributed by atoms with Crippen molar-refractivity contribution in [1.82, 2.24) is 19.7 Å². The fourth-order valence-electron chi connectivity index (χ4n) is 3.85. The molecule has 3 aliphatic rings. The van der Waals surface area contributed by atoms with Gasteiger partial charge in [-0.25, -0.2) is 4.98 Å². The number of hydrogen-bond acceptors (Lipinski definition) is 4. The summed E-state index contributed by atoms with van der Waals surface area (Å²) in [4.78, 5) is 21.7. The van der Waals surface area contributed by atoms with E-state index in [1.807, 2.05) is 24.3 Å². The SMILES string of the molecule is CCc1[nH]n(C2CCCC2)c2nc(Cc3ccc(OC)cc3)nc(=O)c1-2. The molecular formula is C20H24N4O2. The molecule has 1 aliphatic carbocycles. The number of ether oxygens (including phenoxy) is 1. The number of H-pyrrole nitrogens is 1. The van der Waals surface area contributed by atoms with Gasteiger partial charge in [-0.15, -0.1) is 0 Å². The van der Waals surface area contributed by atoms with Gasteiger partial charge in [-0.3, -0.25) is 14.6 Å². The summed E-state index contributed by atoms with van der Waals surface area (Å²) >= 11 is 0. The van der Waals surface area contributed by atoms with E-state index in [1.54, 1.807) is 7.11 Å². The summed E-state index contributed by atoms with van der Waals surface area (Å²) in [6.07, 6.45) is 6.03. The zero-order valence-electron chi connectivity index (χ0n) is 15.3. The number of benzene rings is 1. The molecule has 2 aliphatic heterocycles. The van der Waals surface area contributed by atoms with Gasteiger partial charge in [0.05, 0.1) is 13.2 Å². The highest BCUT2D eigenvalue weighted by atomic mass is 16.5. The Labute approximate surface area is 152 Å². The van der Waals surface area contributed by atoms with Gasteiger partial charge in [0.25, 0.3) is 5.56 Å². The van der Waals surface area contributed by atoms with Crippen LogP contribution in [-0.2, 0) is 12.8 Å². The predicted molar refractivity (Wildman–Crippen MR) is 99.9 cm³/mol. The van der Waals surface area contributed by atoms with Crippen LogP contribution in [0.2, 0.25) is 0 Å². The predicted octanol–water partition coefficient (Wildman–Crippen LogP) is 3.35. The van der Waals surface area contributed by atoms with E-state index in [2.05, 4.69) is 21.7 Å². The molecule has 1 aromatic carbocycles. The first-order valence-electron chi connectivity index (χ1n) is 9.32. The summed E-state index contributed by atoms with van der Waals surface area (Å²) in [5.74, 6) is 2.14. The quantitative estimate of drug-likeness (QED) is 0.764. The molecule has 0 radical (unpaired) electrons. The lowest BCUT2D eigenvalue weighted by Crippen LogP contribution is -2.18. The largest absolute Gasteiger partial charge is 0.497 e. The van der Waals surface area contributed by atoms with E-state index in [-0.39, 0.29) is 5.56 Å². The number of rotatable bonds is 5. The molecule has 136 valence electrons. The van der Waals surface area contributed by atoms with Crippen LogP contribution in [0.5, 0.6) is 5.75 Å². The van der Waals surface area contributed by atoms with Gasteiger partial charge < -0.3 is 4.74 Å². The molecule has 0 bridgehead atoms. The van der Waals surface area contributed by atoms with E-state index in [1.165, 1.54) is 12.8 Å². The first kappa shape index (κ1) is 16.8. The molecule has 0 amide bonds. The van der Waals surface area contributed by atoms with Crippen LogP contribution >= 0.6 is 0 Å². The Kier molecular flexibility index (Phi) is 4.49. The molecule has 1 aromatic rings. The molecule has 0 spiro atoms. The van der Waals surface area contributed by atoms with E-state index in [0.717, 1.165) is 42.1 Å². The van der Waals surface area contributed by atoms with Gasteiger partial charge in [-0.05, 0) is 37.0 Å². The number of aromatic nitrogens is 4. The van der Waals surface area contributed by atoms with Crippen molar-refractivity contribution in [3.05, 3.63) is 51.7 Å². The number of aromatic amines is 1. The lowest BCUT2D eigenvalue weighted by Gasteiger charge is -2.13. The molecule has 26 heavy (non-hydrogen) atoms. The minimum Gasteiger partial charge on any atom is -0.497 e. The highest BCUT2D eigenvalue weighted by molar-refractivity contribution is 5.59. The number of nitrogens with zero attached hydrogens (tertiary/aromatic N) is 3. The molecule has 1 saturated carbocycles. The van der Waals surface area contributed by atoms with Crippen molar-refractivity contribution in [3.63, 3.8) is 0 Å². The minimum absolute atomic E-state index is 0.177. The second-order valence-electron chi connectivity index (χ2n) is 6.92. The summed E-state index contributed by atoms with van der Waals surface area (Å²) in [6, 6.07) is 8.19. The van der Waals surface area contributed by atoms with Crippen molar-refractivity contribution in [1.29, 1.82) is 0 Å². The Morgan fingerprint density at radius 1 is 1.19 bits per heavy atom. The summed E-state index contributed by atoms with van der Waals surface area (Å²) in [5.41, 5.74) is 2.47. The highest BCUT2D eigenvalue weighted by Crippen LogP contribution is 2.33. The molecule has 1 fully saturated rings. The zero-order chi connectivity index (χ0) is 18.1. The third kappa shape index (κ3) is 3.00. The van der Waals surface area contributed by atoms with Crippen LogP contribution in [0.15, 0.2) is 29.1 Å². The van der Waals surface area contributed by atoms with Crippen LogP contribution in [-0.4, -0.2) is 26.9 Å². The van der Waals surface area contributed by atoms with Crippen molar-refractivity contribution < 1.29 is 4.74 Å². The second-order valence-corrected chi connectivity index (χ2v) is 6.92. The number of nitrogens with one attached hydrogen (secondary N) is 1. The Balaban J connectivity index is 1.74. The van der Waals surface area contributed by atoms with E-state index >= 15 is 0 Å². The summed E-state index contributed by atoms with van der Waals surface area (Å²) in [6.45, 7) is 2.05. The van der Waals surface area contributed by atoms with Crippen molar-refractivity contribution in [2.75, 3.05) is 7.11 Å². The highest BCUT2D eigenvalue weighted by Gasteiger charge is 2.27. The summed E-state index contributed by atoms with van der Waals surface area (Å²) in [5, 5.41) is 3.43. The molecule has 4 rings (SSSR count). The molecule has 0 saturated heterocycles. The topological polar surface area (TPSA) is 72.8 Å². The Morgan fingerprint density at radius 3 is 2.58 bits per heavy atom. The maximum atomic E-state index is 12.7. The first-order chi connectivity index (χ1) is 12.7. The van der Waals surface area contributed by atoms with Crippen LogP contribution in [0.1, 0.15) is 55.7 Å². The zero-order valence-corrected chi connectivity index (χ0v) is 15.3. The lowest BCUT2D eigenvalue weighted by molar-refractivity contribution is 0.414. The molecule has 1 N–H and O–H groups in total. The van der Waals surface area contributed by atoms with Gasteiger partial charge in [0.1, 0.15) is 17.1 Å². The van der Waals surface area contributed by atoms with Gasteiger partial charge in [-0.1, -0.05) is 31.9 Å². The maximum absolute atomic E-state index is 12.7. The fourth-order valence-corrected chi connectivity index (χ4v) is 3.85. The molecule has 6 heteroatoms. The van der Waals surface area contributed by atoms with Gasteiger partial charge in [0.15, 0.2) is 5.82 Å². The average molecular weight is 352 g/mol.